The first-order valence-corrected chi connectivity index (χ1v) is 8.15. The third-order valence-electron chi connectivity index (χ3n) is 3.68. The van der Waals surface area contributed by atoms with Gasteiger partial charge >= 0.3 is 5.97 Å². The maximum absolute atomic E-state index is 11.2. The summed E-state index contributed by atoms with van der Waals surface area (Å²) in [6.07, 6.45) is 0.137. The van der Waals surface area contributed by atoms with Gasteiger partial charge in [-0.25, -0.2) is 0 Å². The molecule has 1 aromatic carbocycles. The van der Waals surface area contributed by atoms with E-state index in [0.29, 0.717) is 0 Å². The summed E-state index contributed by atoms with van der Waals surface area (Å²) in [5.74, 6) is -0.757. The monoisotopic (exact) mass is 404 g/mol. The Labute approximate surface area is 136 Å². The first kappa shape index (κ1) is 15.9. The predicted molar refractivity (Wildman–Crippen MR) is 85.9 cm³/mol. The highest BCUT2D eigenvalue weighted by Gasteiger charge is 2.26. The van der Waals surface area contributed by atoms with E-state index >= 15 is 0 Å². The Hall–Kier alpha value is -0.430. The molecule has 2 rings (SSSR count). The standard InChI is InChI=1S/C14H18Br2N2O2/c1-17-4-6-18(7-5-17)13(9-14(19)20)10-2-3-11(15)12(16)8-10/h2-3,8,13H,4-7,9H2,1H3,(H,19,20). The van der Waals surface area contributed by atoms with Crippen molar-refractivity contribution in [3.8, 4) is 0 Å². The van der Waals surface area contributed by atoms with Crippen LogP contribution < -0.4 is 0 Å². The quantitative estimate of drug-likeness (QED) is 0.836. The molecule has 1 aliphatic heterocycles. The Morgan fingerprint density at radius 3 is 2.45 bits per heavy atom. The fourth-order valence-corrected chi connectivity index (χ4v) is 3.12. The van der Waals surface area contributed by atoms with Gasteiger partial charge in [0.25, 0.3) is 0 Å². The zero-order chi connectivity index (χ0) is 14.7. The van der Waals surface area contributed by atoms with Crippen LogP contribution in [0.3, 0.4) is 0 Å². The summed E-state index contributed by atoms with van der Waals surface area (Å²) in [4.78, 5) is 15.7. The number of aliphatic carboxylic acids is 1. The molecular weight excluding hydrogens is 388 g/mol. The van der Waals surface area contributed by atoms with E-state index in [1.165, 1.54) is 0 Å². The van der Waals surface area contributed by atoms with Gasteiger partial charge in [0.2, 0.25) is 0 Å². The molecule has 0 spiro atoms. The van der Waals surface area contributed by atoms with E-state index in [4.69, 9.17) is 0 Å². The van der Waals surface area contributed by atoms with Crippen molar-refractivity contribution in [1.82, 2.24) is 9.80 Å². The average molecular weight is 406 g/mol. The SMILES string of the molecule is CN1CCN(C(CC(=O)O)c2ccc(Br)c(Br)c2)CC1. The molecule has 0 aliphatic carbocycles. The Morgan fingerprint density at radius 1 is 1.25 bits per heavy atom. The largest absolute Gasteiger partial charge is 0.481 e. The lowest BCUT2D eigenvalue weighted by Crippen LogP contribution is -2.46. The van der Waals surface area contributed by atoms with Crippen LogP contribution in [0.1, 0.15) is 18.0 Å². The second kappa shape index (κ2) is 7.02. The van der Waals surface area contributed by atoms with E-state index in [-0.39, 0.29) is 12.5 Å². The van der Waals surface area contributed by atoms with E-state index in [2.05, 4.69) is 48.7 Å². The van der Waals surface area contributed by atoms with Crippen LogP contribution in [-0.4, -0.2) is 54.1 Å². The van der Waals surface area contributed by atoms with Gasteiger partial charge in [0, 0.05) is 41.2 Å². The predicted octanol–water partition coefficient (Wildman–Crippen LogP) is 2.97. The van der Waals surface area contributed by atoms with Gasteiger partial charge in [-0.2, -0.15) is 0 Å². The van der Waals surface area contributed by atoms with E-state index in [1.807, 2.05) is 18.2 Å². The number of benzene rings is 1. The summed E-state index contributed by atoms with van der Waals surface area (Å²) in [5, 5.41) is 9.19. The molecule has 1 unspecified atom stereocenters. The molecule has 0 bridgehead atoms. The Morgan fingerprint density at radius 2 is 1.90 bits per heavy atom. The van der Waals surface area contributed by atoms with Crippen molar-refractivity contribution in [3.63, 3.8) is 0 Å². The molecule has 1 N–H and O–H groups in total. The van der Waals surface area contributed by atoms with Crippen molar-refractivity contribution >= 4 is 37.8 Å². The van der Waals surface area contributed by atoms with Crippen molar-refractivity contribution in [1.29, 1.82) is 0 Å². The average Bonchev–Trinajstić information content (AvgIpc) is 2.40. The van der Waals surface area contributed by atoms with E-state index < -0.39 is 5.97 Å². The van der Waals surface area contributed by atoms with Crippen LogP contribution in [0.15, 0.2) is 27.1 Å². The van der Waals surface area contributed by atoms with Crippen LogP contribution in [0.4, 0.5) is 0 Å². The molecule has 110 valence electrons. The molecule has 6 heteroatoms. The van der Waals surface area contributed by atoms with Gasteiger partial charge < -0.3 is 10.0 Å². The lowest BCUT2D eigenvalue weighted by molar-refractivity contribution is -0.138. The summed E-state index contributed by atoms with van der Waals surface area (Å²) >= 11 is 6.94. The summed E-state index contributed by atoms with van der Waals surface area (Å²) < 4.78 is 1.94. The van der Waals surface area contributed by atoms with Gasteiger partial charge in [-0.1, -0.05) is 6.07 Å². The van der Waals surface area contributed by atoms with Crippen molar-refractivity contribution in [3.05, 3.63) is 32.7 Å². The van der Waals surface area contributed by atoms with Crippen LogP contribution in [0.25, 0.3) is 0 Å². The minimum absolute atomic E-state index is 0.0643. The second-order valence-electron chi connectivity index (χ2n) is 5.13. The van der Waals surface area contributed by atoms with Gasteiger partial charge in [0.1, 0.15) is 0 Å². The van der Waals surface area contributed by atoms with Crippen molar-refractivity contribution in [2.75, 3.05) is 33.2 Å². The Balaban J connectivity index is 2.22. The normalized spacial score (nSPS) is 18.9. The molecule has 1 fully saturated rings. The third kappa shape index (κ3) is 4.04. The van der Waals surface area contributed by atoms with Crippen LogP contribution in [0.5, 0.6) is 0 Å². The summed E-state index contributed by atoms with van der Waals surface area (Å²) in [7, 11) is 2.10. The smallest absolute Gasteiger partial charge is 0.305 e. The Kier molecular flexibility index (Phi) is 5.60. The molecule has 0 saturated carbocycles. The molecular formula is C14H18Br2N2O2. The minimum atomic E-state index is -0.757. The number of hydrogen-bond acceptors (Lipinski definition) is 3. The molecule has 1 atom stereocenters. The topological polar surface area (TPSA) is 43.8 Å². The van der Waals surface area contributed by atoms with Crippen LogP contribution >= 0.6 is 31.9 Å². The maximum atomic E-state index is 11.2. The number of carboxylic acid groups (broad SMARTS) is 1. The van der Waals surface area contributed by atoms with Crippen molar-refractivity contribution in [2.45, 2.75) is 12.5 Å². The Bertz CT molecular complexity index is 488. The zero-order valence-corrected chi connectivity index (χ0v) is 14.5. The number of halogens is 2. The summed E-state index contributed by atoms with van der Waals surface area (Å²) in [6.45, 7) is 3.77. The maximum Gasteiger partial charge on any atom is 0.305 e. The zero-order valence-electron chi connectivity index (χ0n) is 11.4. The molecule has 1 heterocycles. The van der Waals surface area contributed by atoms with Crippen molar-refractivity contribution in [2.24, 2.45) is 0 Å². The molecule has 0 aromatic heterocycles. The van der Waals surface area contributed by atoms with Gasteiger partial charge in [0.15, 0.2) is 0 Å². The minimum Gasteiger partial charge on any atom is -0.481 e. The summed E-state index contributed by atoms with van der Waals surface area (Å²) in [6, 6.07) is 5.91. The van der Waals surface area contributed by atoms with Gasteiger partial charge in [-0.3, -0.25) is 9.69 Å². The molecule has 0 radical (unpaired) electrons. The molecule has 20 heavy (non-hydrogen) atoms. The van der Waals surface area contributed by atoms with E-state index in [0.717, 1.165) is 40.7 Å². The fourth-order valence-electron chi connectivity index (χ4n) is 2.48. The van der Waals surface area contributed by atoms with E-state index in [9.17, 15) is 9.90 Å². The first-order valence-electron chi connectivity index (χ1n) is 6.56. The number of piperazine rings is 1. The fraction of sp³-hybridized carbons (Fsp3) is 0.500. The number of carboxylic acids is 1. The lowest BCUT2D eigenvalue weighted by atomic mass is 10.0. The second-order valence-corrected chi connectivity index (χ2v) is 6.84. The lowest BCUT2D eigenvalue weighted by Gasteiger charge is -2.37. The highest BCUT2D eigenvalue weighted by Crippen LogP contribution is 2.31. The van der Waals surface area contributed by atoms with Crippen molar-refractivity contribution < 1.29 is 9.90 Å². The number of nitrogens with zero attached hydrogens (tertiary/aromatic N) is 2. The number of likely N-dealkylation sites (N-methyl/N-ethyl adjacent to an activating group) is 1. The molecule has 4 nitrogen and oxygen atoms in total. The van der Waals surface area contributed by atoms with Gasteiger partial charge in [0.05, 0.1) is 6.42 Å². The van der Waals surface area contributed by atoms with Crippen LogP contribution in [0, 0.1) is 0 Å². The highest BCUT2D eigenvalue weighted by atomic mass is 79.9. The molecule has 1 aliphatic rings. The van der Waals surface area contributed by atoms with E-state index in [1.54, 1.807) is 0 Å². The molecule has 1 aromatic rings. The van der Waals surface area contributed by atoms with Gasteiger partial charge in [-0.05, 0) is 56.6 Å². The number of rotatable bonds is 4. The summed E-state index contributed by atoms with van der Waals surface area (Å²) in [5.41, 5.74) is 1.05. The van der Waals surface area contributed by atoms with Crippen LogP contribution in [-0.2, 0) is 4.79 Å². The first-order chi connectivity index (χ1) is 9.47. The molecule has 1 saturated heterocycles. The van der Waals surface area contributed by atoms with Crippen LogP contribution in [0.2, 0.25) is 0 Å². The highest BCUT2D eigenvalue weighted by molar-refractivity contribution is 9.13. The third-order valence-corrected chi connectivity index (χ3v) is 5.55. The van der Waals surface area contributed by atoms with Gasteiger partial charge in [-0.15, -0.1) is 0 Å². The molecule has 0 amide bonds. The number of hydrogen-bond donors (Lipinski definition) is 1. The number of carbonyl (C=O) groups is 1.